The fourth-order valence-electron chi connectivity index (χ4n) is 1.62. The Morgan fingerprint density at radius 1 is 1.40 bits per heavy atom. The number of carbonyl (C=O) groups is 2. The first kappa shape index (κ1) is 12.0. The fourth-order valence-corrected chi connectivity index (χ4v) is 1.62. The largest absolute Gasteiger partial charge is 0.347 e. The monoisotopic (exact) mass is 213 g/mol. The second-order valence-electron chi connectivity index (χ2n) is 4.02. The van der Waals surface area contributed by atoms with Crippen LogP contribution < -0.4 is 11.1 Å². The number of hydrogen-bond acceptors (Lipinski definition) is 3. The molecular formula is C10H19N3O2. The molecule has 86 valence electrons. The molecule has 0 atom stereocenters. The summed E-state index contributed by atoms with van der Waals surface area (Å²) in [6.07, 6.45) is 1.96. The Morgan fingerprint density at radius 2 is 2.00 bits per heavy atom. The molecule has 0 radical (unpaired) electrons. The van der Waals surface area contributed by atoms with Crippen molar-refractivity contribution in [2.45, 2.75) is 19.8 Å². The van der Waals surface area contributed by atoms with Gasteiger partial charge in [0.25, 0.3) is 0 Å². The van der Waals surface area contributed by atoms with Crippen molar-refractivity contribution in [2.24, 2.45) is 11.7 Å². The second-order valence-corrected chi connectivity index (χ2v) is 4.02. The normalized spacial score (nSPS) is 17.6. The van der Waals surface area contributed by atoms with Crippen molar-refractivity contribution < 1.29 is 9.59 Å². The van der Waals surface area contributed by atoms with E-state index in [2.05, 4.69) is 12.2 Å². The minimum atomic E-state index is -0.532. The van der Waals surface area contributed by atoms with Crippen molar-refractivity contribution in [1.82, 2.24) is 10.2 Å². The van der Waals surface area contributed by atoms with Crippen LogP contribution in [-0.4, -0.2) is 42.9 Å². The highest BCUT2D eigenvalue weighted by atomic mass is 16.2. The van der Waals surface area contributed by atoms with Gasteiger partial charge in [-0.3, -0.25) is 9.59 Å². The molecule has 0 saturated carbocycles. The van der Waals surface area contributed by atoms with E-state index in [0.29, 0.717) is 32.1 Å². The number of piperidine rings is 1. The SMILES string of the molecule is CC1CCN(C(=O)C(=O)NCCN)CC1. The lowest BCUT2D eigenvalue weighted by atomic mass is 9.99. The zero-order valence-electron chi connectivity index (χ0n) is 9.16. The van der Waals surface area contributed by atoms with Gasteiger partial charge in [-0.15, -0.1) is 0 Å². The maximum Gasteiger partial charge on any atom is 0.311 e. The Balaban J connectivity index is 2.36. The summed E-state index contributed by atoms with van der Waals surface area (Å²) in [4.78, 5) is 24.5. The van der Waals surface area contributed by atoms with Gasteiger partial charge in [-0.2, -0.15) is 0 Å². The Labute approximate surface area is 90.0 Å². The van der Waals surface area contributed by atoms with E-state index in [9.17, 15) is 9.59 Å². The number of nitrogens with two attached hydrogens (primary N) is 1. The molecule has 0 bridgehead atoms. The number of carbonyl (C=O) groups excluding carboxylic acids is 2. The van der Waals surface area contributed by atoms with E-state index in [1.54, 1.807) is 4.90 Å². The summed E-state index contributed by atoms with van der Waals surface area (Å²) in [5.41, 5.74) is 5.23. The molecule has 1 aliphatic rings. The summed E-state index contributed by atoms with van der Waals surface area (Å²) in [7, 11) is 0. The third-order valence-corrected chi connectivity index (χ3v) is 2.69. The van der Waals surface area contributed by atoms with E-state index < -0.39 is 11.8 Å². The number of rotatable bonds is 2. The highest BCUT2D eigenvalue weighted by molar-refractivity contribution is 6.35. The van der Waals surface area contributed by atoms with E-state index >= 15 is 0 Å². The van der Waals surface area contributed by atoms with Crippen LogP contribution in [0.25, 0.3) is 0 Å². The van der Waals surface area contributed by atoms with Gasteiger partial charge in [0.1, 0.15) is 0 Å². The lowest BCUT2D eigenvalue weighted by molar-refractivity contribution is -0.146. The van der Waals surface area contributed by atoms with E-state index in [4.69, 9.17) is 5.73 Å². The van der Waals surface area contributed by atoms with Gasteiger partial charge < -0.3 is 16.0 Å². The zero-order valence-corrected chi connectivity index (χ0v) is 9.16. The van der Waals surface area contributed by atoms with Crippen LogP contribution in [0.4, 0.5) is 0 Å². The van der Waals surface area contributed by atoms with Gasteiger partial charge in [0, 0.05) is 26.2 Å². The molecule has 1 heterocycles. The number of amides is 2. The predicted octanol–water partition coefficient (Wildman–Crippen LogP) is -0.680. The van der Waals surface area contributed by atoms with Gasteiger partial charge in [0.2, 0.25) is 0 Å². The van der Waals surface area contributed by atoms with Crippen LogP contribution in [0.1, 0.15) is 19.8 Å². The molecule has 15 heavy (non-hydrogen) atoms. The number of nitrogens with one attached hydrogen (secondary N) is 1. The van der Waals surface area contributed by atoms with Gasteiger partial charge in [0.05, 0.1) is 0 Å². The summed E-state index contributed by atoms with van der Waals surface area (Å²) in [6.45, 7) is 4.26. The molecule has 1 rings (SSSR count). The molecular weight excluding hydrogens is 194 g/mol. The minimum absolute atomic E-state index is 0.356. The Kier molecular flexibility index (Phi) is 4.55. The average Bonchev–Trinajstić information content (AvgIpc) is 2.26. The summed E-state index contributed by atoms with van der Waals surface area (Å²) in [5.74, 6) is -0.300. The lowest BCUT2D eigenvalue weighted by Gasteiger charge is -2.29. The van der Waals surface area contributed by atoms with Crippen LogP contribution in [0.3, 0.4) is 0 Å². The standard InChI is InChI=1S/C10H19N3O2/c1-8-2-6-13(7-3-8)10(15)9(14)12-5-4-11/h8H,2-7,11H2,1H3,(H,12,14). The van der Waals surface area contributed by atoms with Crippen molar-refractivity contribution in [3.8, 4) is 0 Å². The van der Waals surface area contributed by atoms with Crippen LogP contribution in [0.5, 0.6) is 0 Å². The molecule has 1 saturated heterocycles. The molecule has 2 amide bonds. The summed E-state index contributed by atoms with van der Waals surface area (Å²) in [6, 6.07) is 0. The lowest BCUT2D eigenvalue weighted by Crippen LogP contribution is -2.47. The zero-order chi connectivity index (χ0) is 11.3. The van der Waals surface area contributed by atoms with Crippen LogP contribution in [-0.2, 0) is 9.59 Å². The van der Waals surface area contributed by atoms with Gasteiger partial charge in [-0.1, -0.05) is 6.92 Å². The Morgan fingerprint density at radius 3 is 2.53 bits per heavy atom. The summed E-state index contributed by atoms with van der Waals surface area (Å²) >= 11 is 0. The van der Waals surface area contributed by atoms with Crippen LogP contribution >= 0.6 is 0 Å². The van der Waals surface area contributed by atoms with Crippen LogP contribution in [0, 0.1) is 5.92 Å². The van der Waals surface area contributed by atoms with Gasteiger partial charge in [0.15, 0.2) is 0 Å². The molecule has 0 spiro atoms. The van der Waals surface area contributed by atoms with E-state index in [0.717, 1.165) is 12.8 Å². The average molecular weight is 213 g/mol. The molecule has 3 N–H and O–H groups in total. The molecule has 0 aromatic rings. The Bertz CT molecular complexity index is 235. The third-order valence-electron chi connectivity index (χ3n) is 2.69. The number of nitrogens with zero attached hydrogens (tertiary/aromatic N) is 1. The van der Waals surface area contributed by atoms with E-state index in [1.807, 2.05) is 0 Å². The highest BCUT2D eigenvalue weighted by Crippen LogP contribution is 2.15. The van der Waals surface area contributed by atoms with E-state index in [-0.39, 0.29) is 0 Å². The maximum atomic E-state index is 11.6. The smallest absolute Gasteiger partial charge is 0.311 e. The third kappa shape index (κ3) is 3.51. The van der Waals surface area contributed by atoms with Crippen molar-refractivity contribution in [2.75, 3.05) is 26.2 Å². The molecule has 0 unspecified atom stereocenters. The van der Waals surface area contributed by atoms with Gasteiger partial charge in [-0.25, -0.2) is 0 Å². The number of hydrogen-bond donors (Lipinski definition) is 2. The molecule has 1 aliphatic heterocycles. The molecule has 1 fully saturated rings. The predicted molar refractivity (Wildman–Crippen MR) is 57.0 cm³/mol. The van der Waals surface area contributed by atoms with Crippen molar-refractivity contribution in [1.29, 1.82) is 0 Å². The molecule has 0 aliphatic carbocycles. The van der Waals surface area contributed by atoms with Gasteiger partial charge >= 0.3 is 11.8 Å². The quantitative estimate of drug-likeness (QED) is 0.597. The second kappa shape index (κ2) is 5.70. The fraction of sp³-hybridized carbons (Fsp3) is 0.800. The molecule has 0 aromatic carbocycles. The van der Waals surface area contributed by atoms with E-state index in [1.165, 1.54) is 0 Å². The first-order valence-corrected chi connectivity index (χ1v) is 5.42. The highest BCUT2D eigenvalue weighted by Gasteiger charge is 2.24. The van der Waals surface area contributed by atoms with Crippen molar-refractivity contribution in [3.63, 3.8) is 0 Å². The first-order chi connectivity index (χ1) is 7.15. The first-order valence-electron chi connectivity index (χ1n) is 5.42. The van der Waals surface area contributed by atoms with Gasteiger partial charge in [-0.05, 0) is 18.8 Å². The van der Waals surface area contributed by atoms with Crippen LogP contribution in [0.15, 0.2) is 0 Å². The Hall–Kier alpha value is -1.10. The minimum Gasteiger partial charge on any atom is -0.347 e. The summed E-state index contributed by atoms with van der Waals surface area (Å²) < 4.78 is 0. The molecule has 5 nitrogen and oxygen atoms in total. The van der Waals surface area contributed by atoms with Crippen LogP contribution in [0.2, 0.25) is 0 Å². The van der Waals surface area contributed by atoms with Crippen molar-refractivity contribution in [3.05, 3.63) is 0 Å². The molecule has 0 aromatic heterocycles. The molecule has 5 heteroatoms. The maximum absolute atomic E-state index is 11.6. The summed E-state index contributed by atoms with van der Waals surface area (Å²) in [5, 5.41) is 2.49. The van der Waals surface area contributed by atoms with Crippen molar-refractivity contribution >= 4 is 11.8 Å². The number of likely N-dealkylation sites (tertiary alicyclic amines) is 1. The topological polar surface area (TPSA) is 75.4 Å².